The first-order chi connectivity index (χ1) is 13.4. The number of nitro benzene ring substituents is 1. The number of hydrogen-bond donors (Lipinski definition) is 1. The highest BCUT2D eigenvalue weighted by Gasteiger charge is 2.20. The summed E-state index contributed by atoms with van der Waals surface area (Å²) in [6.07, 6.45) is 0. The number of ether oxygens (including phenoxy) is 2. The molecule has 0 fully saturated rings. The molecule has 8 nitrogen and oxygen atoms in total. The first kappa shape index (κ1) is 19.6. The number of nitrogens with zero attached hydrogens (tertiary/aromatic N) is 1. The summed E-state index contributed by atoms with van der Waals surface area (Å²) in [5.74, 6) is -1.17. The molecule has 1 amide bonds. The first-order valence-corrected chi connectivity index (χ1v) is 9.06. The van der Waals surface area contributed by atoms with E-state index in [2.05, 4.69) is 5.32 Å². The van der Waals surface area contributed by atoms with E-state index in [1.165, 1.54) is 30.6 Å². The second-order valence-electron chi connectivity index (χ2n) is 5.51. The van der Waals surface area contributed by atoms with E-state index in [1.54, 1.807) is 12.1 Å². The summed E-state index contributed by atoms with van der Waals surface area (Å²) in [7, 11) is 1.36. The third kappa shape index (κ3) is 4.05. The summed E-state index contributed by atoms with van der Waals surface area (Å²) >= 11 is 7.38. The Morgan fingerprint density at radius 2 is 2.00 bits per heavy atom. The van der Waals surface area contributed by atoms with Gasteiger partial charge in [0.15, 0.2) is 6.61 Å². The van der Waals surface area contributed by atoms with E-state index in [0.29, 0.717) is 0 Å². The van der Waals surface area contributed by atoms with Crippen LogP contribution in [-0.2, 0) is 9.53 Å². The fourth-order valence-corrected chi connectivity index (χ4v) is 3.84. The maximum atomic E-state index is 12.3. The molecule has 0 atom stereocenters. The molecular formula is C18H13ClN2O6S. The van der Waals surface area contributed by atoms with Gasteiger partial charge in [0.2, 0.25) is 0 Å². The van der Waals surface area contributed by atoms with Crippen LogP contribution in [0.2, 0.25) is 5.02 Å². The lowest BCUT2D eigenvalue weighted by Gasteiger charge is -2.10. The van der Waals surface area contributed by atoms with Crippen molar-refractivity contribution in [1.82, 2.24) is 0 Å². The van der Waals surface area contributed by atoms with E-state index in [4.69, 9.17) is 21.1 Å². The van der Waals surface area contributed by atoms with Crippen molar-refractivity contribution in [2.75, 3.05) is 19.0 Å². The lowest BCUT2D eigenvalue weighted by Crippen LogP contribution is -2.21. The van der Waals surface area contributed by atoms with E-state index in [9.17, 15) is 19.7 Å². The number of rotatable bonds is 6. The highest BCUT2D eigenvalue weighted by atomic mass is 35.5. The van der Waals surface area contributed by atoms with Gasteiger partial charge in [0.1, 0.15) is 10.6 Å². The lowest BCUT2D eigenvalue weighted by atomic mass is 10.2. The Labute approximate surface area is 167 Å². The van der Waals surface area contributed by atoms with Gasteiger partial charge in [-0.25, -0.2) is 4.79 Å². The van der Waals surface area contributed by atoms with Gasteiger partial charge in [0, 0.05) is 22.2 Å². The number of carbonyl (C=O) groups excluding carboxylic acids is 2. The van der Waals surface area contributed by atoms with Crippen LogP contribution in [0.25, 0.3) is 10.1 Å². The Morgan fingerprint density at radius 1 is 1.25 bits per heavy atom. The number of methoxy groups -OCH3 is 1. The van der Waals surface area contributed by atoms with Crippen LogP contribution in [0.15, 0.2) is 42.5 Å². The SMILES string of the molecule is COc1ccc([N+](=O)[O-])cc1NC(=O)COC(=O)c1sc2ccccc2c1Cl. The van der Waals surface area contributed by atoms with Gasteiger partial charge < -0.3 is 14.8 Å². The van der Waals surface area contributed by atoms with Gasteiger partial charge in [-0.05, 0) is 12.1 Å². The highest BCUT2D eigenvalue weighted by Crippen LogP contribution is 2.35. The summed E-state index contributed by atoms with van der Waals surface area (Å²) in [5, 5.41) is 14.3. The molecule has 10 heteroatoms. The number of benzene rings is 2. The van der Waals surface area contributed by atoms with Gasteiger partial charge in [-0.1, -0.05) is 29.8 Å². The molecule has 3 aromatic rings. The summed E-state index contributed by atoms with van der Waals surface area (Å²) in [6.45, 7) is -0.588. The Bertz CT molecular complexity index is 1080. The van der Waals surface area contributed by atoms with Gasteiger partial charge in [-0.3, -0.25) is 14.9 Å². The van der Waals surface area contributed by atoms with Crippen molar-refractivity contribution in [2.45, 2.75) is 0 Å². The molecule has 28 heavy (non-hydrogen) atoms. The van der Waals surface area contributed by atoms with Gasteiger partial charge >= 0.3 is 5.97 Å². The summed E-state index contributed by atoms with van der Waals surface area (Å²) in [4.78, 5) is 34.9. The molecule has 144 valence electrons. The zero-order chi connectivity index (χ0) is 20.3. The number of non-ortho nitro benzene ring substituents is 1. The summed E-state index contributed by atoms with van der Waals surface area (Å²) in [5.41, 5.74) is -0.122. The fraction of sp³-hybridized carbons (Fsp3) is 0.111. The number of nitro groups is 1. The first-order valence-electron chi connectivity index (χ1n) is 7.87. The minimum Gasteiger partial charge on any atom is -0.495 e. The van der Waals surface area contributed by atoms with Crippen molar-refractivity contribution in [3.63, 3.8) is 0 Å². The minimum absolute atomic E-state index is 0.0950. The number of amides is 1. The zero-order valence-corrected chi connectivity index (χ0v) is 16.0. The number of carbonyl (C=O) groups is 2. The molecule has 1 aromatic heterocycles. The van der Waals surface area contributed by atoms with Gasteiger partial charge in [0.25, 0.3) is 11.6 Å². The Hall–Kier alpha value is -3.17. The molecule has 0 radical (unpaired) electrons. The normalized spacial score (nSPS) is 10.5. The molecule has 0 aliphatic rings. The minimum atomic E-state index is -0.729. The third-order valence-corrected chi connectivity index (χ3v) is 5.38. The number of anilines is 1. The number of esters is 1. The highest BCUT2D eigenvalue weighted by molar-refractivity contribution is 7.21. The standard InChI is InChI=1S/C18H13ClN2O6S/c1-26-13-7-6-10(21(24)25)8-12(13)20-15(22)9-27-18(23)17-16(19)11-4-2-3-5-14(11)28-17/h2-8H,9H2,1H3,(H,20,22). The molecule has 0 aliphatic carbocycles. The van der Waals surface area contributed by atoms with Crippen molar-refractivity contribution in [3.05, 3.63) is 62.5 Å². The molecule has 2 aromatic carbocycles. The molecule has 1 heterocycles. The van der Waals surface area contributed by atoms with Crippen LogP contribution in [0.5, 0.6) is 5.75 Å². The second kappa shape index (κ2) is 8.24. The van der Waals surface area contributed by atoms with E-state index < -0.39 is 23.4 Å². The van der Waals surface area contributed by atoms with Crippen molar-refractivity contribution in [3.8, 4) is 5.75 Å². The summed E-state index contributed by atoms with van der Waals surface area (Å²) in [6, 6.07) is 11.0. The Balaban J connectivity index is 1.68. The largest absolute Gasteiger partial charge is 0.495 e. The van der Waals surface area contributed by atoms with Crippen LogP contribution in [-0.4, -0.2) is 30.5 Å². The monoisotopic (exact) mass is 420 g/mol. The Kier molecular flexibility index (Phi) is 5.76. The average Bonchev–Trinajstić information content (AvgIpc) is 3.03. The van der Waals surface area contributed by atoms with Gasteiger partial charge in [-0.15, -0.1) is 11.3 Å². The molecule has 0 saturated carbocycles. The predicted molar refractivity (Wildman–Crippen MR) is 105 cm³/mol. The summed E-state index contributed by atoms with van der Waals surface area (Å²) < 4.78 is 10.9. The van der Waals surface area contributed by atoms with Crippen LogP contribution >= 0.6 is 22.9 Å². The number of fused-ring (bicyclic) bond motifs is 1. The van der Waals surface area contributed by atoms with E-state index in [0.717, 1.165) is 16.2 Å². The third-order valence-electron chi connectivity index (χ3n) is 3.72. The van der Waals surface area contributed by atoms with Crippen LogP contribution in [0.1, 0.15) is 9.67 Å². The maximum Gasteiger partial charge on any atom is 0.350 e. The van der Waals surface area contributed by atoms with Gasteiger partial charge in [0.05, 0.1) is 22.7 Å². The number of halogens is 1. The van der Waals surface area contributed by atoms with Crippen LogP contribution in [0.3, 0.4) is 0 Å². The van der Waals surface area contributed by atoms with Gasteiger partial charge in [-0.2, -0.15) is 0 Å². The zero-order valence-electron chi connectivity index (χ0n) is 14.4. The molecule has 0 unspecified atom stereocenters. The van der Waals surface area contributed by atoms with Crippen molar-refractivity contribution in [1.29, 1.82) is 0 Å². The van der Waals surface area contributed by atoms with Crippen molar-refractivity contribution in [2.24, 2.45) is 0 Å². The second-order valence-corrected chi connectivity index (χ2v) is 6.94. The van der Waals surface area contributed by atoms with Crippen LogP contribution in [0.4, 0.5) is 11.4 Å². The smallest absolute Gasteiger partial charge is 0.350 e. The van der Waals surface area contributed by atoms with Crippen LogP contribution in [0, 0.1) is 10.1 Å². The van der Waals surface area contributed by atoms with E-state index in [1.807, 2.05) is 12.1 Å². The Morgan fingerprint density at radius 3 is 2.68 bits per heavy atom. The quantitative estimate of drug-likeness (QED) is 0.362. The fourth-order valence-electron chi connectivity index (χ4n) is 2.44. The topological polar surface area (TPSA) is 108 Å². The lowest BCUT2D eigenvalue weighted by molar-refractivity contribution is -0.384. The molecule has 0 saturated heterocycles. The van der Waals surface area contributed by atoms with Crippen LogP contribution < -0.4 is 10.1 Å². The molecule has 0 aliphatic heterocycles. The van der Waals surface area contributed by atoms with Crippen molar-refractivity contribution >= 4 is 56.3 Å². The van der Waals surface area contributed by atoms with E-state index in [-0.39, 0.29) is 27.0 Å². The molecule has 0 spiro atoms. The maximum absolute atomic E-state index is 12.3. The number of hydrogen-bond acceptors (Lipinski definition) is 7. The average molecular weight is 421 g/mol. The molecule has 1 N–H and O–H groups in total. The molecule has 3 rings (SSSR count). The number of thiophene rings is 1. The predicted octanol–water partition coefficient (Wildman–Crippen LogP) is 4.27. The van der Waals surface area contributed by atoms with Crippen molar-refractivity contribution < 1.29 is 24.0 Å². The molecular weight excluding hydrogens is 408 g/mol. The number of nitrogens with one attached hydrogen (secondary N) is 1. The molecule has 0 bridgehead atoms. The van der Waals surface area contributed by atoms with E-state index >= 15 is 0 Å².